The number of aromatic nitrogens is 2. The van der Waals surface area contributed by atoms with Crippen LogP contribution in [0.1, 0.15) is 59.3 Å². The summed E-state index contributed by atoms with van der Waals surface area (Å²) in [5.41, 5.74) is 7.49. The van der Waals surface area contributed by atoms with Crippen LogP contribution in [0.15, 0.2) is 73.1 Å². The van der Waals surface area contributed by atoms with E-state index in [9.17, 15) is 4.79 Å². The average Bonchev–Trinajstić information content (AvgIpc) is 3.26. The molecule has 31 heavy (non-hydrogen) atoms. The Morgan fingerprint density at radius 1 is 1.03 bits per heavy atom. The van der Waals surface area contributed by atoms with E-state index in [1.54, 1.807) is 0 Å². The van der Waals surface area contributed by atoms with Gasteiger partial charge in [0.1, 0.15) is 5.65 Å². The van der Waals surface area contributed by atoms with Crippen molar-refractivity contribution in [3.8, 4) is 11.3 Å². The second-order valence-corrected chi connectivity index (χ2v) is 8.34. The highest BCUT2D eigenvalue weighted by molar-refractivity contribution is 5.95. The van der Waals surface area contributed by atoms with Crippen molar-refractivity contribution < 1.29 is 4.79 Å². The monoisotopic (exact) mass is 409 g/mol. The first kappa shape index (κ1) is 19.6. The zero-order valence-electron chi connectivity index (χ0n) is 17.8. The summed E-state index contributed by atoms with van der Waals surface area (Å²) in [6.07, 6.45) is 9.62. The maximum atomic E-state index is 13.0. The Hall–Kier alpha value is -3.40. The molecule has 1 N–H and O–H groups in total. The zero-order valence-corrected chi connectivity index (χ0v) is 17.8. The van der Waals surface area contributed by atoms with Gasteiger partial charge in [0.05, 0.1) is 11.7 Å². The van der Waals surface area contributed by atoms with Crippen molar-refractivity contribution in [1.29, 1.82) is 0 Å². The van der Waals surface area contributed by atoms with Gasteiger partial charge in [0.2, 0.25) is 0 Å². The molecule has 4 nitrogen and oxygen atoms in total. The molecule has 0 bridgehead atoms. The molecule has 2 aromatic carbocycles. The molecule has 0 saturated carbocycles. The maximum absolute atomic E-state index is 13.0. The Labute approximate surface area is 183 Å². The van der Waals surface area contributed by atoms with Crippen LogP contribution < -0.4 is 5.32 Å². The van der Waals surface area contributed by atoms with E-state index in [1.807, 2.05) is 59.3 Å². The number of fused-ring (bicyclic) bond motifs is 2. The minimum atomic E-state index is -0.0590. The third-order valence-electron chi connectivity index (χ3n) is 6.28. The van der Waals surface area contributed by atoms with E-state index in [1.165, 1.54) is 36.0 Å². The number of imidazole rings is 1. The fraction of sp³-hybridized carbons (Fsp3) is 0.259. The molecule has 4 heteroatoms. The van der Waals surface area contributed by atoms with Gasteiger partial charge in [-0.1, -0.05) is 55.5 Å². The van der Waals surface area contributed by atoms with Crippen LogP contribution >= 0.6 is 0 Å². The number of amides is 1. The fourth-order valence-electron chi connectivity index (χ4n) is 4.50. The molecule has 2 heterocycles. The highest BCUT2D eigenvalue weighted by atomic mass is 16.1. The van der Waals surface area contributed by atoms with E-state index in [0.29, 0.717) is 5.56 Å². The van der Waals surface area contributed by atoms with Crippen LogP contribution in [0.5, 0.6) is 0 Å². The number of benzene rings is 2. The molecule has 1 aliphatic rings. The SMILES string of the molecule is CCC(NC(=O)c1ccn2cc(-c3ccccc3)nc2c1)c1ccc2c(c1)CCCC2. The van der Waals surface area contributed by atoms with Crippen molar-refractivity contribution in [2.45, 2.75) is 45.1 Å². The first-order valence-electron chi connectivity index (χ1n) is 11.2. The van der Waals surface area contributed by atoms with Crippen LogP contribution in [0.4, 0.5) is 0 Å². The van der Waals surface area contributed by atoms with E-state index in [0.717, 1.165) is 29.7 Å². The number of hydrogen-bond donors (Lipinski definition) is 1. The van der Waals surface area contributed by atoms with Crippen molar-refractivity contribution in [2.24, 2.45) is 0 Å². The summed E-state index contributed by atoms with van der Waals surface area (Å²) in [7, 11) is 0. The lowest BCUT2D eigenvalue weighted by molar-refractivity contribution is 0.0935. The van der Waals surface area contributed by atoms with E-state index < -0.39 is 0 Å². The van der Waals surface area contributed by atoms with Gasteiger partial charge in [-0.25, -0.2) is 4.98 Å². The topological polar surface area (TPSA) is 46.4 Å². The van der Waals surface area contributed by atoms with Gasteiger partial charge in [-0.3, -0.25) is 4.79 Å². The van der Waals surface area contributed by atoms with Crippen molar-refractivity contribution >= 4 is 11.6 Å². The lowest BCUT2D eigenvalue weighted by Crippen LogP contribution is -2.28. The van der Waals surface area contributed by atoms with Crippen LogP contribution in [0, 0.1) is 0 Å². The maximum Gasteiger partial charge on any atom is 0.251 e. The fourth-order valence-corrected chi connectivity index (χ4v) is 4.50. The largest absolute Gasteiger partial charge is 0.345 e. The minimum absolute atomic E-state index is 0.00979. The summed E-state index contributed by atoms with van der Waals surface area (Å²) in [5.74, 6) is -0.0590. The predicted molar refractivity (Wildman–Crippen MR) is 124 cm³/mol. The number of rotatable bonds is 5. The van der Waals surface area contributed by atoms with Crippen LogP contribution in [-0.2, 0) is 12.8 Å². The summed E-state index contributed by atoms with van der Waals surface area (Å²) in [6, 6.07) is 20.5. The standard InChI is InChI=1S/C27H27N3O/c1-2-24(22-13-12-19-8-6-7-11-21(19)16-22)29-27(31)23-14-15-30-18-25(28-26(30)17-23)20-9-4-3-5-10-20/h3-5,9-10,12-18,24H,2,6-8,11H2,1H3,(H,29,31). The van der Waals surface area contributed by atoms with Crippen LogP contribution in [0.2, 0.25) is 0 Å². The van der Waals surface area contributed by atoms with Gasteiger partial charge in [-0.05, 0) is 60.9 Å². The van der Waals surface area contributed by atoms with Gasteiger partial charge in [0, 0.05) is 23.5 Å². The molecule has 0 radical (unpaired) electrons. The van der Waals surface area contributed by atoms with Crippen molar-refractivity contribution in [3.05, 3.63) is 95.3 Å². The number of nitrogens with zero attached hydrogens (tertiary/aromatic N) is 2. The van der Waals surface area contributed by atoms with Gasteiger partial charge in [-0.2, -0.15) is 0 Å². The number of pyridine rings is 1. The van der Waals surface area contributed by atoms with E-state index in [-0.39, 0.29) is 11.9 Å². The van der Waals surface area contributed by atoms with Gasteiger partial charge in [-0.15, -0.1) is 0 Å². The lowest BCUT2D eigenvalue weighted by atomic mass is 9.88. The summed E-state index contributed by atoms with van der Waals surface area (Å²) >= 11 is 0. The number of hydrogen-bond acceptors (Lipinski definition) is 2. The Balaban J connectivity index is 1.37. The molecule has 2 aromatic heterocycles. The zero-order chi connectivity index (χ0) is 21.2. The summed E-state index contributed by atoms with van der Waals surface area (Å²) in [5, 5.41) is 3.23. The lowest BCUT2D eigenvalue weighted by Gasteiger charge is -2.21. The second-order valence-electron chi connectivity index (χ2n) is 8.34. The third kappa shape index (κ3) is 3.98. The van der Waals surface area contributed by atoms with E-state index >= 15 is 0 Å². The van der Waals surface area contributed by atoms with Crippen LogP contribution in [-0.4, -0.2) is 15.3 Å². The van der Waals surface area contributed by atoms with E-state index in [2.05, 4.69) is 30.4 Å². The first-order chi connectivity index (χ1) is 15.2. The van der Waals surface area contributed by atoms with Crippen molar-refractivity contribution in [2.75, 3.05) is 0 Å². The number of aryl methyl sites for hydroxylation is 2. The van der Waals surface area contributed by atoms with Crippen molar-refractivity contribution in [1.82, 2.24) is 14.7 Å². The van der Waals surface area contributed by atoms with Gasteiger partial charge < -0.3 is 9.72 Å². The Morgan fingerprint density at radius 2 is 1.84 bits per heavy atom. The van der Waals surface area contributed by atoms with Gasteiger partial charge in [0.15, 0.2) is 0 Å². The third-order valence-corrected chi connectivity index (χ3v) is 6.28. The molecule has 5 rings (SSSR count). The molecular weight excluding hydrogens is 382 g/mol. The van der Waals surface area contributed by atoms with Gasteiger partial charge >= 0.3 is 0 Å². The second kappa shape index (κ2) is 8.38. The Morgan fingerprint density at radius 3 is 2.65 bits per heavy atom. The predicted octanol–water partition coefficient (Wildman–Crippen LogP) is 5.76. The Kier molecular flexibility index (Phi) is 5.29. The molecule has 1 unspecified atom stereocenters. The molecular formula is C27H27N3O. The Bertz CT molecular complexity index is 1230. The quantitative estimate of drug-likeness (QED) is 0.455. The molecule has 0 fully saturated rings. The molecule has 4 aromatic rings. The number of nitrogens with one attached hydrogen (secondary N) is 1. The molecule has 0 aliphatic heterocycles. The van der Waals surface area contributed by atoms with Crippen molar-refractivity contribution in [3.63, 3.8) is 0 Å². The summed E-state index contributed by atoms with van der Waals surface area (Å²) in [4.78, 5) is 17.8. The molecule has 1 atom stereocenters. The molecule has 0 saturated heterocycles. The molecule has 156 valence electrons. The summed E-state index contributed by atoms with van der Waals surface area (Å²) < 4.78 is 1.96. The average molecular weight is 410 g/mol. The van der Waals surface area contributed by atoms with Gasteiger partial charge in [0.25, 0.3) is 5.91 Å². The van der Waals surface area contributed by atoms with Crippen LogP contribution in [0.3, 0.4) is 0 Å². The summed E-state index contributed by atoms with van der Waals surface area (Å²) in [6.45, 7) is 2.12. The highest BCUT2D eigenvalue weighted by Crippen LogP contribution is 2.26. The molecule has 1 amide bonds. The number of carbonyl (C=O) groups excluding carboxylic acids is 1. The van der Waals surface area contributed by atoms with E-state index in [4.69, 9.17) is 4.98 Å². The van der Waals surface area contributed by atoms with Crippen LogP contribution in [0.25, 0.3) is 16.9 Å². The first-order valence-corrected chi connectivity index (χ1v) is 11.2. The number of carbonyl (C=O) groups is 1. The minimum Gasteiger partial charge on any atom is -0.345 e. The normalized spacial score (nSPS) is 14.2. The molecule has 0 spiro atoms. The highest BCUT2D eigenvalue weighted by Gasteiger charge is 2.17. The smallest absolute Gasteiger partial charge is 0.251 e. The molecule has 1 aliphatic carbocycles.